The number of rotatable bonds is 3. The van der Waals surface area contributed by atoms with Crippen LogP contribution in [0.2, 0.25) is 10.0 Å². The van der Waals surface area contributed by atoms with Gasteiger partial charge in [0, 0.05) is 21.2 Å². The molecule has 1 heterocycles. The van der Waals surface area contributed by atoms with Gasteiger partial charge in [-0.15, -0.1) is 0 Å². The molecule has 0 aliphatic rings. The van der Waals surface area contributed by atoms with Gasteiger partial charge < -0.3 is 5.11 Å². The van der Waals surface area contributed by atoms with Crippen molar-refractivity contribution in [2.24, 2.45) is 0 Å². The molecule has 6 heteroatoms. The van der Waals surface area contributed by atoms with Crippen LogP contribution in [0.4, 0.5) is 4.39 Å². The molecule has 0 amide bonds. The first-order valence-corrected chi connectivity index (χ1v) is 6.04. The van der Waals surface area contributed by atoms with Crippen molar-refractivity contribution in [3.8, 4) is 11.3 Å². The minimum Gasteiger partial charge on any atom is -0.481 e. The lowest BCUT2D eigenvalue weighted by molar-refractivity contribution is -0.136. The zero-order chi connectivity index (χ0) is 14.0. The Balaban J connectivity index is 2.47. The Labute approximate surface area is 118 Å². The quantitative estimate of drug-likeness (QED) is 0.937. The first-order chi connectivity index (χ1) is 8.95. The Morgan fingerprint density at radius 3 is 2.42 bits per heavy atom. The number of halogens is 3. The smallest absolute Gasteiger partial charge is 0.307 e. The number of hydrogen-bond acceptors (Lipinski definition) is 2. The molecule has 2 aromatic rings. The molecule has 0 saturated heterocycles. The van der Waals surface area contributed by atoms with E-state index in [0.717, 1.165) is 6.20 Å². The largest absolute Gasteiger partial charge is 0.481 e. The van der Waals surface area contributed by atoms with Crippen molar-refractivity contribution >= 4 is 29.2 Å². The van der Waals surface area contributed by atoms with E-state index in [2.05, 4.69) is 4.98 Å². The summed E-state index contributed by atoms with van der Waals surface area (Å²) in [6.45, 7) is 0. The third kappa shape index (κ3) is 3.43. The van der Waals surface area contributed by atoms with Crippen LogP contribution in [0.5, 0.6) is 0 Å². The van der Waals surface area contributed by atoms with Gasteiger partial charge >= 0.3 is 5.97 Å². The van der Waals surface area contributed by atoms with Gasteiger partial charge in [0.1, 0.15) is 5.82 Å². The second-order valence-electron chi connectivity index (χ2n) is 3.89. The van der Waals surface area contributed by atoms with Crippen LogP contribution in [0.1, 0.15) is 5.56 Å². The third-order valence-electron chi connectivity index (χ3n) is 2.43. The van der Waals surface area contributed by atoms with E-state index in [-0.39, 0.29) is 5.56 Å². The SMILES string of the molecule is O=C(O)Cc1cc(-c2cc(Cl)cc(Cl)c2)ncc1F. The van der Waals surface area contributed by atoms with Crippen LogP contribution in [0.25, 0.3) is 11.3 Å². The summed E-state index contributed by atoms with van der Waals surface area (Å²) in [6, 6.07) is 6.19. The number of aliphatic carboxylic acids is 1. The van der Waals surface area contributed by atoms with Crippen LogP contribution in [-0.4, -0.2) is 16.1 Å². The van der Waals surface area contributed by atoms with Gasteiger partial charge in [-0.1, -0.05) is 23.2 Å². The molecule has 19 heavy (non-hydrogen) atoms. The Bertz CT molecular complexity index is 626. The van der Waals surface area contributed by atoms with Crippen LogP contribution >= 0.6 is 23.2 Å². The van der Waals surface area contributed by atoms with Gasteiger partial charge in [0.05, 0.1) is 18.3 Å². The number of nitrogens with zero attached hydrogens (tertiary/aromatic N) is 1. The molecule has 0 aliphatic carbocycles. The Hall–Kier alpha value is -1.65. The van der Waals surface area contributed by atoms with Crippen molar-refractivity contribution in [1.29, 1.82) is 0 Å². The van der Waals surface area contributed by atoms with Crippen molar-refractivity contribution in [2.75, 3.05) is 0 Å². The van der Waals surface area contributed by atoms with E-state index >= 15 is 0 Å². The number of aromatic nitrogens is 1. The molecular weight excluding hydrogens is 292 g/mol. The first-order valence-electron chi connectivity index (χ1n) is 5.28. The predicted molar refractivity (Wildman–Crippen MR) is 71.0 cm³/mol. The lowest BCUT2D eigenvalue weighted by atomic mass is 10.1. The average molecular weight is 300 g/mol. The van der Waals surface area contributed by atoms with Crippen LogP contribution in [-0.2, 0) is 11.2 Å². The van der Waals surface area contributed by atoms with Crippen molar-refractivity contribution in [3.05, 3.63) is 51.9 Å². The van der Waals surface area contributed by atoms with Gasteiger partial charge in [-0.3, -0.25) is 9.78 Å². The molecule has 98 valence electrons. The highest BCUT2D eigenvalue weighted by Gasteiger charge is 2.11. The van der Waals surface area contributed by atoms with Crippen LogP contribution in [0.15, 0.2) is 30.5 Å². The van der Waals surface area contributed by atoms with Gasteiger partial charge in [0.2, 0.25) is 0 Å². The lowest BCUT2D eigenvalue weighted by Crippen LogP contribution is -2.03. The number of hydrogen-bond donors (Lipinski definition) is 1. The van der Waals surface area contributed by atoms with Crippen molar-refractivity contribution in [2.45, 2.75) is 6.42 Å². The molecule has 0 aliphatic heterocycles. The molecule has 1 aromatic carbocycles. The zero-order valence-electron chi connectivity index (χ0n) is 9.53. The fourth-order valence-electron chi connectivity index (χ4n) is 1.64. The highest BCUT2D eigenvalue weighted by atomic mass is 35.5. The number of benzene rings is 1. The summed E-state index contributed by atoms with van der Waals surface area (Å²) < 4.78 is 13.4. The molecule has 0 atom stereocenters. The van der Waals surface area contributed by atoms with Crippen molar-refractivity contribution in [1.82, 2.24) is 4.98 Å². The molecule has 0 bridgehead atoms. The highest BCUT2D eigenvalue weighted by Crippen LogP contribution is 2.27. The minimum atomic E-state index is -1.11. The topological polar surface area (TPSA) is 50.2 Å². The second-order valence-corrected chi connectivity index (χ2v) is 4.76. The van der Waals surface area contributed by atoms with Crippen LogP contribution < -0.4 is 0 Å². The molecule has 1 aromatic heterocycles. The number of pyridine rings is 1. The van der Waals surface area contributed by atoms with E-state index in [4.69, 9.17) is 28.3 Å². The summed E-state index contributed by atoms with van der Waals surface area (Å²) in [6.07, 6.45) is 0.581. The maximum Gasteiger partial charge on any atom is 0.307 e. The Morgan fingerprint density at radius 1 is 1.21 bits per heavy atom. The lowest BCUT2D eigenvalue weighted by Gasteiger charge is -2.06. The summed E-state index contributed by atoms with van der Waals surface area (Å²) >= 11 is 11.7. The Morgan fingerprint density at radius 2 is 1.84 bits per heavy atom. The molecular formula is C13H8Cl2FNO2. The first kappa shape index (κ1) is 13.8. The maximum absolute atomic E-state index is 13.4. The standard InChI is InChI=1S/C13H8Cl2FNO2/c14-9-1-8(2-10(15)5-9)12-3-7(4-13(18)19)11(16)6-17-12/h1-3,5-6H,4H2,(H,18,19). The van der Waals surface area contributed by atoms with Crippen LogP contribution in [0.3, 0.4) is 0 Å². The van der Waals surface area contributed by atoms with E-state index in [1.807, 2.05) is 0 Å². The Kier molecular flexibility index (Phi) is 4.02. The van der Waals surface area contributed by atoms with Gasteiger partial charge in [0.15, 0.2) is 0 Å². The van der Waals surface area contributed by atoms with E-state index in [9.17, 15) is 9.18 Å². The van der Waals surface area contributed by atoms with Gasteiger partial charge in [-0.25, -0.2) is 4.39 Å². The van der Waals surface area contributed by atoms with E-state index in [1.54, 1.807) is 18.2 Å². The second kappa shape index (κ2) is 5.55. The molecule has 0 spiro atoms. The summed E-state index contributed by atoms with van der Waals surface area (Å²) in [5.74, 6) is -1.76. The minimum absolute atomic E-state index is 0.0635. The van der Waals surface area contributed by atoms with E-state index in [0.29, 0.717) is 21.3 Å². The fraction of sp³-hybridized carbons (Fsp3) is 0.0769. The number of carbonyl (C=O) groups is 1. The molecule has 3 nitrogen and oxygen atoms in total. The third-order valence-corrected chi connectivity index (χ3v) is 2.87. The maximum atomic E-state index is 13.4. The van der Waals surface area contributed by atoms with Crippen molar-refractivity contribution in [3.63, 3.8) is 0 Å². The molecule has 0 unspecified atom stereocenters. The van der Waals surface area contributed by atoms with Crippen LogP contribution in [0, 0.1) is 5.82 Å². The highest BCUT2D eigenvalue weighted by molar-refractivity contribution is 6.35. The summed E-state index contributed by atoms with van der Waals surface area (Å²) in [4.78, 5) is 14.6. The summed E-state index contributed by atoms with van der Waals surface area (Å²) in [5, 5.41) is 9.56. The molecule has 0 fully saturated rings. The average Bonchev–Trinajstić information content (AvgIpc) is 2.30. The van der Waals surface area contributed by atoms with Gasteiger partial charge in [-0.05, 0) is 24.3 Å². The fourth-order valence-corrected chi connectivity index (χ4v) is 2.16. The number of carboxylic acid groups (broad SMARTS) is 1. The molecule has 0 radical (unpaired) electrons. The molecule has 2 rings (SSSR count). The predicted octanol–water partition coefficient (Wildman–Crippen LogP) is 3.82. The summed E-state index contributed by atoms with van der Waals surface area (Å²) in [7, 11) is 0. The van der Waals surface area contributed by atoms with Gasteiger partial charge in [-0.2, -0.15) is 0 Å². The van der Waals surface area contributed by atoms with E-state index < -0.39 is 18.2 Å². The zero-order valence-corrected chi connectivity index (χ0v) is 11.0. The summed E-state index contributed by atoms with van der Waals surface area (Å²) in [5.41, 5.74) is 1.08. The molecule has 0 saturated carbocycles. The monoisotopic (exact) mass is 299 g/mol. The van der Waals surface area contributed by atoms with E-state index in [1.165, 1.54) is 6.07 Å². The number of carboxylic acids is 1. The van der Waals surface area contributed by atoms with Gasteiger partial charge in [0.25, 0.3) is 0 Å². The van der Waals surface area contributed by atoms with Crippen molar-refractivity contribution < 1.29 is 14.3 Å². The molecule has 1 N–H and O–H groups in total. The normalized spacial score (nSPS) is 10.5.